The molecule has 1 rings (SSSR count). The predicted octanol–water partition coefficient (Wildman–Crippen LogP) is 0.629. The summed E-state index contributed by atoms with van der Waals surface area (Å²) in [6.45, 7) is 4.06. The SMILES string of the molecule is CCCNS(=O)(=O)Nc1cc(C)c(N)cn1. The van der Waals surface area contributed by atoms with Crippen LogP contribution in [0.3, 0.4) is 0 Å². The van der Waals surface area contributed by atoms with E-state index in [1.807, 2.05) is 6.92 Å². The van der Waals surface area contributed by atoms with Gasteiger partial charge in [0.25, 0.3) is 10.2 Å². The Morgan fingerprint density at radius 1 is 1.50 bits per heavy atom. The minimum atomic E-state index is -3.53. The smallest absolute Gasteiger partial charge is 0.300 e. The average Bonchev–Trinajstić information content (AvgIpc) is 2.20. The first-order chi connectivity index (χ1) is 7.44. The molecular weight excluding hydrogens is 228 g/mol. The van der Waals surface area contributed by atoms with E-state index in [1.165, 1.54) is 6.20 Å². The van der Waals surface area contributed by atoms with Crippen LogP contribution >= 0.6 is 0 Å². The molecule has 0 saturated carbocycles. The molecule has 7 heteroatoms. The zero-order chi connectivity index (χ0) is 12.2. The number of hydrogen-bond donors (Lipinski definition) is 3. The van der Waals surface area contributed by atoms with Crippen LogP contribution in [0.2, 0.25) is 0 Å². The average molecular weight is 244 g/mol. The van der Waals surface area contributed by atoms with E-state index in [9.17, 15) is 8.42 Å². The normalized spacial score (nSPS) is 11.4. The lowest BCUT2D eigenvalue weighted by Gasteiger charge is -2.08. The Kier molecular flexibility index (Phi) is 4.08. The number of nitrogens with one attached hydrogen (secondary N) is 2. The van der Waals surface area contributed by atoms with Crippen LogP contribution in [0.25, 0.3) is 0 Å². The number of hydrogen-bond acceptors (Lipinski definition) is 4. The fraction of sp³-hybridized carbons (Fsp3) is 0.444. The molecule has 0 aliphatic heterocycles. The highest BCUT2D eigenvalue weighted by Crippen LogP contribution is 2.13. The van der Waals surface area contributed by atoms with Crippen molar-refractivity contribution >= 4 is 21.7 Å². The second kappa shape index (κ2) is 5.13. The van der Waals surface area contributed by atoms with Gasteiger partial charge in [-0.3, -0.25) is 4.72 Å². The van der Waals surface area contributed by atoms with Gasteiger partial charge in [0.2, 0.25) is 0 Å². The van der Waals surface area contributed by atoms with Crippen molar-refractivity contribution < 1.29 is 8.42 Å². The van der Waals surface area contributed by atoms with Gasteiger partial charge in [-0.05, 0) is 25.0 Å². The Balaban J connectivity index is 2.76. The number of aromatic nitrogens is 1. The molecule has 0 radical (unpaired) electrons. The third-order valence-electron chi connectivity index (χ3n) is 1.93. The highest BCUT2D eigenvalue weighted by molar-refractivity contribution is 7.90. The summed E-state index contributed by atoms with van der Waals surface area (Å²) < 4.78 is 27.6. The summed E-state index contributed by atoms with van der Waals surface area (Å²) in [5.41, 5.74) is 6.89. The van der Waals surface area contributed by atoms with Crippen molar-refractivity contribution in [1.82, 2.24) is 9.71 Å². The van der Waals surface area contributed by atoms with Gasteiger partial charge < -0.3 is 5.73 Å². The molecule has 0 amide bonds. The van der Waals surface area contributed by atoms with E-state index in [-0.39, 0.29) is 5.82 Å². The molecular formula is C9H16N4O2S. The number of nitrogen functional groups attached to an aromatic ring is 1. The first-order valence-electron chi connectivity index (χ1n) is 4.94. The molecule has 0 aliphatic rings. The third kappa shape index (κ3) is 3.67. The van der Waals surface area contributed by atoms with Gasteiger partial charge in [0.05, 0.1) is 11.9 Å². The van der Waals surface area contributed by atoms with Crippen molar-refractivity contribution in [2.45, 2.75) is 20.3 Å². The maximum Gasteiger partial charge on any atom is 0.300 e. The number of nitrogens with two attached hydrogens (primary N) is 1. The first-order valence-corrected chi connectivity index (χ1v) is 6.42. The molecule has 6 nitrogen and oxygen atoms in total. The predicted molar refractivity (Wildman–Crippen MR) is 64.2 cm³/mol. The lowest BCUT2D eigenvalue weighted by Crippen LogP contribution is -2.31. The third-order valence-corrected chi connectivity index (χ3v) is 2.99. The summed E-state index contributed by atoms with van der Waals surface area (Å²) in [5.74, 6) is 0.260. The van der Waals surface area contributed by atoms with E-state index in [2.05, 4.69) is 14.4 Å². The molecule has 0 aromatic carbocycles. The van der Waals surface area contributed by atoms with Gasteiger partial charge in [-0.2, -0.15) is 13.1 Å². The fourth-order valence-corrected chi connectivity index (χ4v) is 1.96. The number of rotatable bonds is 5. The maximum atomic E-state index is 11.5. The van der Waals surface area contributed by atoms with Crippen molar-refractivity contribution in [2.24, 2.45) is 0 Å². The van der Waals surface area contributed by atoms with Gasteiger partial charge in [0, 0.05) is 6.54 Å². The van der Waals surface area contributed by atoms with Crippen molar-refractivity contribution in [1.29, 1.82) is 0 Å². The second-order valence-electron chi connectivity index (χ2n) is 3.43. The quantitative estimate of drug-likeness (QED) is 0.707. The van der Waals surface area contributed by atoms with E-state index in [0.717, 1.165) is 12.0 Å². The molecule has 0 unspecified atom stereocenters. The molecule has 16 heavy (non-hydrogen) atoms. The molecule has 1 aromatic heterocycles. The van der Waals surface area contributed by atoms with E-state index >= 15 is 0 Å². The molecule has 1 heterocycles. The maximum absolute atomic E-state index is 11.5. The number of pyridine rings is 1. The minimum absolute atomic E-state index is 0.260. The van der Waals surface area contributed by atoms with Crippen LogP contribution in [0, 0.1) is 6.92 Å². The lowest BCUT2D eigenvalue weighted by atomic mass is 10.2. The van der Waals surface area contributed by atoms with Gasteiger partial charge in [-0.15, -0.1) is 0 Å². The molecule has 0 fully saturated rings. The molecule has 0 bridgehead atoms. The van der Waals surface area contributed by atoms with Crippen LogP contribution in [0.1, 0.15) is 18.9 Å². The zero-order valence-corrected chi connectivity index (χ0v) is 10.1. The fourth-order valence-electron chi connectivity index (χ4n) is 1.03. The van der Waals surface area contributed by atoms with E-state index in [4.69, 9.17) is 5.73 Å². The summed E-state index contributed by atoms with van der Waals surface area (Å²) in [6, 6.07) is 1.58. The van der Waals surface area contributed by atoms with Gasteiger partial charge >= 0.3 is 0 Å². The Morgan fingerprint density at radius 3 is 2.75 bits per heavy atom. The standard InChI is InChI=1S/C9H16N4O2S/c1-3-4-12-16(14,15)13-9-5-7(2)8(10)6-11-9/h5-6,12H,3-4,10H2,1-2H3,(H,11,13). The van der Waals surface area contributed by atoms with Crippen molar-refractivity contribution in [3.8, 4) is 0 Å². The summed E-state index contributed by atoms with van der Waals surface area (Å²) in [7, 11) is -3.53. The Bertz CT molecular complexity index is 459. The van der Waals surface area contributed by atoms with Crippen molar-refractivity contribution in [2.75, 3.05) is 17.0 Å². The highest BCUT2D eigenvalue weighted by atomic mass is 32.2. The number of aryl methyl sites for hydroxylation is 1. The van der Waals surface area contributed by atoms with Crippen LogP contribution < -0.4 is 15.2 Å². The van der Waals surface area contributed by atoms with Crippen molar-refractivity contribution in [3.05, 3.63) is 17.8 Å². The molecule has 0 atom stereocenters. The summed E-state index contributed by atoms with van der Waals surface area (Å²) in [4.78, 5) is 3.88. The van der Waals surface area contributed by atoms with Gasteiger partial charge in [-0.1, -0.05) is 6.92 Å². The van der Waals surface area contributed by atoms with E-state index in [1.54, 1.807) is 13.0 Å². The largest absolute Gasteiger partial charge is 0.397 e. The molecule has 0 aliphatic carbocycles. The number of anilines is 2. The van der Waals surface area contributed by atoms with Crippen LogP contribution in [-0.4, -0.2) is 19.9 Å². The Morgan fingerprint density at radius 2 is 2.19 bits per heavy atom. The van der Waals surface area contributed by atoms with Crippen molar-refractivity contribution in [3.63, 3.8) is 0 Å². The van der Waals surface area contributed by atoms with Gasteiger partial charge in [0.1, 0.15) is 5.82 Å². The molecule has 90 valence electrons. The van der Waals surface area contributed by atoms with Crippen LogP contribution in [0.15, 0.2) is 12.3 Å². The van der Waals surface area contributed by atoms with Crippen LogP contribution in [-0.2, 0) is 10.2 Å². The second-order valence-corrected chi connectivity index (χ2v) is 4.93. The lowest BCUT2D eigenvalue weighted by molar-refractivity contribution is 0.586. The number of nitrogens with zero attached hydrogens (tertiary/aromatic N) is 1. The summed E-state index contributed by atoms with van der Waals surface area (Å²) in [6.07, 6.45) is 2.15. The monoisotopic (exact) mass is 244 g/mol. The summed E-state index contributed by atoms with van der Waals surface area (Å²) >= 11 is 0. The van der Waals surface area contributed by atoms with E-state index in [0.29, 0.717) is 12.2 Å². The Labute approximate surface area is 95.4 Å². The van der Waals surface area contributed by atoms with Crippen LogP contribution in [0.4, 0.5) is 11.5 Å². The van der Waals surface area contributed by atoms with E-state index < -0.39 is 10.2 Å². The van der Waals surface area contributed by atoms with Crippen LogP contribution in [0.5, 0.6) is 0 Å². The van der Waals surface area contributed by atoms with Gasteiger partial charge in [0.15, 0.2) is 0 Å². The first kappa shape index (κ1) is 12.7. The molecule has 0 saturated heterocycles. The Hall–Kier alpha value is -1.34. The molecule has 0 spiro atoms. The topological polar surface area (TPSA) is 97.1 Å². The summed E-state index contributed by atoms with van der Waals surface area (Å²) in [5, 5.41) is 0. The zero-order valence-electron chi connectivity index (χ0n) is 9.32. The molecule has 1 aromatic rings. The minimum Gasteiger partial charge on any atom is -0.397 e. The highest BCUT2D eigenvalue weighted by Gasteiger charge is 2.09. The molecule has 4 N–H and O–H groups in total. The van der Waals surface area contributed by atoms with Gasteiger partial charge in [-0.25, -0.2) is 4.98 Å².